The number of benzene rings is 1. The molecule has 0 spiro atoms. The van der Waals surface area contributed by atoms with Gasteiger partial charge in [0, 0.05) is 18.5 Å². The Bertz CT molecular complexity index is 521. The average Bonchev–Trinajstić information content (AvgIpc) is 2.57. The smallest absolute Gasteiger partial charge is 0.303 e. The molecule has 0 bridgehead atoms. The molecule has 5 nitrogen and oxygen atoms in total. The quantitative estimate of drug-likeness (QED) is 0.709. The third-order valence-corrected chi connectivity index (χ3v) is 4.45. The molecule has 1 saturated carbocycles. The SMILES string of the molecule is O=C(O)CCCC(=O)Nc1ccc(OCCC2CCCCC2)cc1. The van der Waals surface area contributed by atoms with Crippen molar-refractivity contribution in [3.05, 3.63) is 24.3 Å². The third-order valence-electron chi connectivity index (χ3n) is 4.45. The molecule has 0 aromatic heterocycles. The molecule has 0 atom stereocenters. The average molecular weight is 333 g/mol. The second kappa shape index (κ2) is 9.96. The van der Waals surface area contributed by atoms with E-state index < -0.39 is 5.97 Å². The number of carboxylic acids is 1. The predicted octanol–water partition coefficient (Wildman–Crippen LogP) is 4.23. The van der Waals surface area contributed by atoms with Gasteiger partial charge >= 0.3 is 5.97 Å². The van der Waals surface area contributed by atoms with Crippen molar-refractivity contribution in [2.45, 2.75) is 57.8 Å². The number of anilines is 1. The maximum atomic E-state index is 11.7. The molecule has 1 aromatic carbocycles. The van der Waals surface area contributed by atoms with Gasteiger partial charge in [0.05, 0.1) is 6.61 Å². The zero-order valence-corrected chi connectivity index (χ0v) is 14.1. The van der Waals surface area contributed by atoms with Gasteiger partial charge in [0.2, 0.25) is 5.91 Å². The number of rotatable bonds is 9. The number of carbonyl (C=O) groups excluding carboxylic acids is 1. The number of aliphatic carboxylic acids is 1. The summed E-state index contributed by atoms with van der Waals surface area (Å²) in [5, 5.41) is 11.3. The molecule has 0 unspecified atom stereocenters. The van der Waals surface area contributed by atoms with Crippen LogP contribution in [0.3, 0.4) is 0 Å². The van der Waals surface area contributed by atoms with E-state index in [9.17, 15) is 9.59 Å². The van der Waals surface area contributed by atoms with Gasteiger partial charge in [-0.15, -0.1) is 0 Å². The van der Waals surface area contributed by atoms with Crippen LogP contribution >= 0.6 is 0 Å². The minimum atomic E-state index is -0.877. The maximum Gasteiger partial charge on any atom is 0.303 e. The van der Waals surface area contributed by atoms with Gasteiger partial charge in [-0.3, -0.25) is 9.59 Å². The normalized spacial score (nSPS) is 15.0. The van der Waals surface area contributed by atoms with Gasteiger partial charge in [0.15, 0.2) is 0 Å². The van der Waals surface area contributed by atoms with E-state index in [0.29, 0.717) is 12.1 Å². The second-order valence-corrected chi connectivity index (χ2v) is 6.46. The van der Waals surface area contributed by atoms with Crippen LogP contribution in [0.4, 0.5) is 5.69 Å². The Morgan fingerprint density at radius 1 is 1.08 bits per heavy atom. The van der Waals surface area contributed by atoms with Gasteiger partial charge in [-0.25, -0.2) is 0 Å². The Labute approximate surface area is 143 Å². The van der Waals surface area contributed by atoms with Crippen LogP contribution < -0.4 is 10.1 Å². The highest BCUT2D eigenvalue weighted by Gasteiger charge is 2.13. The van der Waals surface area contributed by atoms with Crippen molar-refractivity contribution in [1.82, 2.24) is 0 Å². The van der Waals surface area contributed by atoms with Gasteiger partial charge in [-0.05, 0) is 43.0 Å². The summed E-state index contributed by atoms with van der Waals surface area (Å²) < 4.78 is 5.78. The molecule has 0 radical (unpaired) electrons. The van der Waals surface area contributed by atoms with Gasteiger partial charge in [0.25, 0.3) is 0 Å². The molecule has 1 aromatic rings. The fourth-order valence-corrected chi connectivity index (χ4v) is 3.08. The highest BCUT2D eigenvalue weighted by molar-refractivity contribution is 5.90. The van der Waals surface area contributed by atoms with Gasteiger partial charge < -0.3 is 15.2 Å². The maximum absolute atomic E-state index is 11.7. The van der Waals surface area contributed by atoms with Crippen molar-refractivity contribution < 1.29 is 19.4 Å². The minimum Gasteiger partial charge on any atom is -0.494 e. The van der Waals surface area contributed by atoms with Crippen LogP contribution in [0.25, 0.3) is 0 Å². The number of carboxylic acid groups (broad SMARTS) is 1. The highest BCUT2D eigenvalue weighted by atomic mass is 16.5. The first kappa shape index (κ1) is 18.3. The lowest BCUT2D eigenvalue weighted by atomic mass is 9.87. The van der Waals surface area contributed by atoms with E-state index in [0.717, 1.165) is 24.7 Å². The molecule has 1 fully saturated rings. The first-order valence-electron chi connectivity index (χ1n) is 8.88. The molecule has 1 aliphatic carbocycles. The van der Waals surface area contributed by atoms with Crippen molar-refractivity contribution in [2.75, 3.05) is 11.9 Å². The fourth-order valence-electron chi connectivity index (χ4n) is 3.08. The summed E-state index contributed by atoms with van der Waals surface area (Å²) in [6, 6.07) is 7.33. The molecule has 0 heterocycles. The van der Waals surface area contributed by atoms with E-state index in [-0.39, 0.29) is 18.7 Å². The van der Waals surface area contributed by atoms with E-state index >= 15 is 0 Å². The lowest BCUT2D eigenvalue weighted by Crippen LogP contribution is -2.12. The number of amides is 1. The summed E-state index contributed by atoms with van der Waals surface area (Å²) in [6.45, 7) is 0.742. The van der Waals surface area contributed by atoms with Crippen molar-refractivity contribution in [3.8, 4) is 5.75 Å². The first-order chi connectivity index (χ1) is 11.6. The Hall–Kier alpha value is -2.04. The summed E-state index contributed by atoms with van der Waals surface area (Å²) in [5.41, 5.74) is 0.704. The molecular weight excluding hydrogens is 306 g/mol. The summed E-state index contributed by atoms with van der Waals surface area (Å²) in [5.74, 6) is 0.581. The standard InChI is InChI=1S/C19H27NO4/c21-18(7-4-8-19(22)23)20-16-9-11-17(12-10-16)24-14-13-15-5-2-1-3-6-15/h9-12,15H,1-8,13-14H2,(H,20,21)(H,22,23). The number of hydrogen-bond donors (Lipinski definition) is 2. The molecule has 2 rings (SSSR count). The number of ether oxygens (including phenoxy) is 1. The van der Waals surface area contributed by atoms with Crippen LogP contribution in [0.5, 0.6) is 5.75 Å². The van der Waals surface area contributed by atoms with Crippen molar-refractivity contribution >= 4 is 17.6 Å². The van der Waals surface area contributed by atoms with Crippen LogP contribution in [-0.2, 0) is 9.59 Å². The molecule has 0 aliphatic heterocycles. The molecule has 5 heteroatoms. The van der Waals surface area contributed by atoms with E-state index in [1.54, 1.807) is 0 Å². The van der Waals surface area contributed by atoms with Crippen LogP contribution in [0.1, 0.15) is 57.8 Å². The summed E-state index contributed by atoms with van der Waals surface area (Å²) in [7, 11) is 0. The van der Waals surface area contributed by atoms with Crippen LogP contribution in [0.15, 0.2) is 24.3 Å². The monoisotopic (exact) mass is 333 g/mol. The summed E-state index contributed by atoms with van der Waals surface area (Å²) >= 11 is 0. The Morgan fingerprint density at radius 2 is 1.79 bits per heavy atom. The molecule has 0 saturated heterocycles. The largest absolute Gasteiger partial charge is 0.494 e. The summed E-state index contributed by atoms with van der Waals surface area (Å²) in [6.07, 6.45) is 8.43. The topological polar surface area (TPSA) is 75.6 Å². The molecule has 24 heavy (non-hydrogen) atoms. The Morgan fingerprint density at radius 3 is 2.46 bits per heavy atom. The van der Waals surface area contributed by atoms with Crippen molar-refractivity contribution in [1.29, 1.82) is 0 Å². The Kier molecular flexibility index (Phi) is 7.59. The molecule has 132 valence electrons. The number of nitrogens with one attached hydrogen (secondary N) is 1. The van der Waals surface area contributed by atoms with Gasteiger partial charge in [-0.1, -0.05) is 32.1 Å². The van der Waals surface area contributed by atoms with Crippen LogP contribution in [0.2, 0.25) is 0 Å². The molecule has 1 amide bonds. The zero-order chi connectivity index (χ0) is 17.2. The summed E-state index contributed by atoms with van der Waals surface area (Å²) in [4.78, 5) is 22.1. The van der Waals surface area contributed by atoms with Crippen LogP contribution in [0, 0.1) is 5.92 Å². The second-order valence-electron chi connectivity index (χ2n) is 6.46. The lowest BCUT2D eigenvalue weighted by Gasteiger charge is -2.21. The van der Waals surface area contributed by atoms with Gasteiger partial charge in [-0.2, -0.15) is 0 Å². The number of hydrogen-bond acceptors (Lipinski definition) is 3. The fraction of sp³-hybridized carbons (Fsp3) is 0.579. The van der Waals surface area contributed by atoms with E-state index in [4.69, 9.17) is 9.84 Å². The molecule has 2 N–H and O–H groups in total. The zero-order valence-electron chi connectivity index (χ0n) is 14.1. The number of carbonyl (C=O) groups is 2. The van der Waals surface area contributed by atoms with Gasteiger partial charge in [0.1, 0.15) is 5.75 Å². The van der Waals surface area contributed by atoms with E-state index in [2.05, 4.69) is 5.32 Å². The first-order valence-corrected chi connectivity index (χ1v) is 8.88. The van der Waals surface area contributed by atoms with Crippen LogP contribution in [-0.4, -0.2) is 23.6 Å². The van der Waals surface area contributed by atoms with E-state index in [1.807, 2.05) is 24.3 Å². The molecule has 1 aliphatic rings. The highest BCUT2D eigenvalue weighted by Crippen LogP contribution is 2.26. The van der Waals surface area contributed by atoms with Crippen molar-refractivity contribution in [3.63, 3.8) is 0 Å². The third kappa shape index (κ3) is 7.02. The van der Waals surface area contributed by atoms with E-state index in [1.165, 1.54) is 32.1 Å². The molecular formula is C19H27NO4. The minimum absolute atomic E-state index is 0.0151. The predicted molar refractivity (Wildman–Crippen MR) is 93.2 cm³/mol. The Balaban J connectivity index is 1.66. The lowest BCUT2D eigenvalue weighted by molar-refractivity contribution is -0.137. The van der Waals surface area contributed by atoms with Crippen molar-refractivity contribution in [2.24, 2.45) is 5.92 Å².